The molecule has 0 amide bonds. The van der Waals surface area contributed by atoms with Crippen LogP contribution in [0.25, 0.3) is 27.8 Å². The molecule has 0 aliphatic rings. The number of hydrogen-bond donors (Lipinski definition) is 1. The Bertz CT molecular complexity index is 1480. The lowest BCUT2D eigenvalue weighted by Gasteiger charge is -2.09. The van der Waals surface area contributed by atoms with Crippen LogP contribution in [0.5, 0.6) is 0 Å². The second-order valence-electron chi connectivity index (χ2n) is 8.39. The van der Waals surface area contributed by atoms with Crippen molar-refractivity contribution in [2.45, 2.75) is 34.6 Å². The van der Waals surface area contributed by atoms with Gasteiger partial charge in [-0.05, 0) is 76.1 Å². The van der Waals surface area contributed by atoms with E-state index in [0.717, 1.165) is 39.2 Å². The standard InChI is InChI=1S/C26H25N7/c1-15-6-8-20(9-7-15)33-14-22(19(5)32-33)23-10-11-27-25(29-23)31-26-28-18(4)21-12-16(2)17(3)13-24(21)30-26/h6-14H,1-5H3,(H,27,28,29,30,31). The number of rotatable bonds is 4. The Morgan fingerprint density at radius 1 is 0.758 bits per heavy atom. The first kappa shape index (κ1) is 20.8. The van der Waals surface area contributed by atoms with Gasteiger partial charge in [-0.3, -0.25) is 5.32 Å². The molecular weight excluding hydrogens is 410 g/mol. The highest BCUT2D eigenvalue weighted by atomic mass is 15.3. The molecule has 164 valence electrons. The van der Waals surface area contributed by atoms with Crippen molar-refractivity contribution in [3.05, 3.63) is 82.9 Å². The molecule has 0 fully saturated rings. The molecule has 7 heteroatoms. The Morgan fingerprint density at radius 3 is 2.30 bits per heavy atom. The fraction of sp³-hybridized carbons (Fsp3) is 0.192. The minimum atomic E-state index is 0.442. The summed E-state index contributed by atoms with van der Waals surface area (Å²) in [5, 5.41) is 8.90. The predicted octanol–water partition coefficient (Wildman–Crippen LogP) is 5.56. The zero-order valence-corrected chi connectivity index (χ0v) is 19.4. The Hall–Kier alpha value is -4.13. The predicted molar refractivity (Wildman–Crippen MR) is 131 cm³/mol. The van der Waals surface area contributed by atoms with Gasteiger partial charge in [-0.2, -0.15) is 5.10 Å². The Balaban J connectivity index is 1.47. The molecule has 0 aliphatic carbocycles. The molecule has 1 N–H and O–H groups in total. The molecule has 0 aliphatic heterocycles. The fourth-order valence-corrected chi connectivity index (χ4v) is 3.81. The summed E-state index contributed by atoms with van der Waals surface area (Å²) in [5.41, 5.74) is 9.09. The summed E-state index contributed by atoms with van der Waals surface area (Å²) < 4.78 is 1.87. The van der Waals surface area contributed by atoms with Crippen molar-refractivity contribution in [2.75, 3.05) is 5.32 Å². The summed E-state index contributed by atoms with van der Waals surface area (Å²) >= 11 is 0. The molecule has 5 aromatic rings. The average molecular weight is 436 g/mol. The quantitative estimate of drug-likeness (QED) is 0.398. The van der Waals surface area contributed by atoms with Crippen LogP contribution in [0.4, 0.5) is 11.9 Å². The van der Waals surface area contributed by atoms with Crippen LogP contribution in [-0.2, 0) is 0 Å². The highest BCUT2D eigenvalue weighted by molar-refractivity contribution is 5.83. The second-order valence-corrected chi connectivity index (χ2v) is 8.39. The van der Waals surface area contributed by atoms with Crippen molar-refractivity contribution in [3.8, 4) is 16.9 Å². The number of anilines is 2. The van der Waals surface area contributed by atoms with Crippen LogP contribution in [0.15, 0.2) is 54.9 Å². The molecule has 33 heavy (non-hydrogen) atoms. The lowest BCUT2D eigenvalue weighted by Crippen LogP contribution is -2.03. The summed E-state index contributed by atoms with van der Waals surface area (Å²) in [6.45, 7) is 10.2. The Kier molecular flexibility index (Phi) is 5.09. The fourth-order valence-electron chi connectivity index (χ4n) is 3.81. The molecule has 0 atom stereocenters. The number of nitrogens with one attached hydrogen (secondary N) is 1. The van der Waals surface area contributed by atoms with Crippen molar-refractivity contribution in [1.82, 2.24) is 29.7 Å². The number of fused-ring (bicyclic) bond motifs is 1. The maximum absolute atomic E-state index is 4.71. The van der Waals surface area contributed by atoms with Crippen molar-refractivity contribution in [2.24, 2.45) is 0 Å². The van der Waals surface area contributed by atoms with E-state index in [2.05, 4.69) is 82.5 Å². The number of nitrogens with zero attached hydrogens (tertiary/aromatic N) is 6. The van der Waals surface area contributed by atoms with E-state index >= 15 is 0 Å². The van der Waals surface area contributed by atoms with E-state index in [-0.39, 0.29) is 0 Å². The summed E-state index contributed by atoms with van der Waals surface area (Å²) in [5.74, 6) is 0.921. The highest BCUT2D eigenvalue weighted by Gasteiger charge is 2.13. The van der Waals surface area contributed by atoms with Crippen LogP contribution < -0.4 is 5.32 Å². The zero-order valence-electron chi connectivity index (χ0n) is 19.4. The first-order valence-corrected chi connectivity index (χ1v) is 10.9. The maximum Gasteiger partial charge on any atom is 0.230 e. The number of aromatic nitrogens is 6. The van der Waals surface area contributed by atoms with E-state index in [1.54, 1.807) is 6.20 Å². The summed E-state index contributed by atoms with van der Waals surface area (Å²) in [6, 6.07) is 14.4. The smallest absolute Gasteiger partial charge is 0.230 e. The summed E-state index contributed by atoms with van der Waals surface area (Å²) in [6.07, 6.45) is 3.72. The van der Waals surface area contributed by atoms with Crippen LogP contribution in [-0.4, -0.2) is 29.7 Å². The molecule has 0 spiro atoms. The van der Waals surface area contributed by atoms with Gasteiger partial charge < -0.3 is 0 Å². The third kappa shape index (κ3) is 4.05. The monoisotopic (exact) mass is 435 g/mol. The highest BCUT2D eigenvalue weighted by Crippen LogP contribution is 2.25. The van der Waals surface area contributed by atoms with Crippen LogP contribution in [0.2, 0.25) is 0 Å². The first-order chi connectivity index (χ1) is 15.9. The van der Waals surface area contributed by atoms with Gasteiger partial charge >= 0.3 is 0 Å². The second kappa shape index (κ2) is 8.09. The van der Waals surface area contributed by atoms with E-state index in [1.807, 2.05) is 30.8 Å². The topological polar surface area (TPSA) is 81.4 Å². The van der Waals surface area contributed by atoms with E-state index in [9.17, 15) is 0 Å². The van der Waals surface area contributed by atoms with Crippen molar-refractivity contribution in [3.63, 3.8) is 0 Å². The Labute approximate surface area is 192 Å². The summed E-state index contributed by atoms with van der Waals surface area (Å²) in [4.78, 5) is 18.4. The van der Waals surface area contributed by atoms with Crippen LogP contribution in [0.1, 0.15) is 28.1 Å². The van der Waals surface area contributed by atoms with Gasteiger partial charge in [0, 0.05) is 23.3 Å². The molecule has 0 radical (unpaired) electrons. The first-order valence-electron chi connectivity index (χ1n) is 10.9. The largest absolute Gasteiger partial charge is 0.293 e. The minimum absolute atomic E-state index is 0.442. The van der Waals surface area contributed by atoms with Crippen molar-refractivity contribution >= 4 is 22.8 Å². The van der Waals surface area contributed by atoms with Gasteiger partial charge in [0.2, 0.25) is 11.9 Å². The molecule has 0 bridgehead atoms. The van der Waals surface area contributed by atoms with E-state index in [1.165, 1.54) is 16.7 Å². The van der Waals surface area contributed by atoms with Crippen LogP contribution in [0, 0.1) is 34.6 Å². The molecule has 0 unspecified atom stereocenters. The van der Waals surface area contributed by atoms with Gasteiger partial charge in [0.05, 0.1) is 28.3 Å². The minimum Gasteiger partial charge on any atom is -0.293 e. The molecular formula is C26H25N7. The lowest BCUT2D eigenvalue weighted by atomic mass is 10.1. The summed E-state index contributed by atoms with van der Waals surface area (Å²) in [7, 11) is 0. The van der Waals surface area contributed by atoms with Crippen molar-refractivity contribution in [1.29, 1.82) is 0 Å². The van der Waals surface area contributed by atoms with Gasteiger partial charge in [-0.25, -0.2) is 24.6 Å². The maximum atomic E-state index is 4.71. The van der Waals surface area contributed by atoms with Gasteiger partial charge in [0.1, 0.15) is 0 Å². The number of benzene rings is 2. The third-order valence-electron chi connectivity index (χ3n) is 5.85. The van der Waals surface area contributed by atoms with Crippen molar-refractivity contribution < 1.29 is 0 Å². The average Bonchev–Trinajstić information content (AvgIpc) is 3.17. The Morgan fingerprint density at radius 2 is 1.52 bits per heavy atom. The van der Waals surface area contributed by atoms with E-state index in [0.29, 0.717) is 11.9 Å². The zero-order chi connectivity index (χ0) is 23.1. The third-order valence-corrected chi connectivity index (χ3v) is 5.85. The van der Waals surface area contributed by atoms with Crippen LogP contribution >= 0.6 is 0 Å². The normalized spacial score (nSPS) is 11.2. The lowest BCUT2D eigenvalue weighted by molar-refractivity contribution is 0.862. The molecule has 0 saturated heterocycles. The van der Waals surface area contributed by atoms with Gasteiger partial charge in [-0.1, -0.05) is 17.7 Å². The molecule has 5 rings (SSSR count). The molecule has 2 aromatic carbocycles. The van der Waals surface area contributed by atoms with E-state index < -0.39 is 0 Å². The van der Waals surface area contributed by atoms with Gasteiger partial charge in [-0.15, -0.1) is 0 Å². The SMILES string of the molecule is Cc1ccc(-n2cc(-c3ccnc(Nc4nc(C)c5cc(C)c(C)cc5n4)n3)c(C)n2)cc1. The molecule has 0 saturated carbocycles. The van der Waals surface area contributed by atoms with Gasteiger partial charge in [0.25, 0.3) is 0 Å². The van der Waals surface area contributed by atoms with Gasteiger partial charge in [0.15, 0.2) is 0 Å². The molecule has 3 heterocycles. The van der Waals surface area contributed by atoms with E-state index in [4.69, 9.17) is 4.98 Å². The number of aryl methyl sites for hydroxylation is 5. The molecule has 3 aromatic heterocycles. The number of hydrogen-bond acceptors (Lipinski definition) is 6. The molecule has 7 nitrogen and oxygen atoms in total. The van der Waals surface area contributed by atoms with Crippen LogP contribution in [0.3, 0.4) is 0 Å².